The third kappa shape index (κ3) is 3.60. The van der Waals surface area contributed by atoms with Gasteiger partial charge in [-0.3, -0.25) is 9.78 Å². The number of aromatic nitrogens is 1. The minimum absolute atomic E-state index is 0.0366. The molecule has 128 valence electrons. The SMILES string of the molecule is CC(C)(C)N(Cc1ccccn1)C(=O)c1cc2ccccc2c(=O)o1. The van der Waals surface area contributed by atoms with Gasteiger partial charge in [-0.05, 0) is 50.4 Å². The minimum Gasteiger partial charge on any atom is -0.417 e. The smallest absolute Gasteiger partial charge is 0.344 e. The zero-order chi connectivity index (χ0) is 18.0. The van der Waals surface area contributed by atoms with Gasteiger partial charge in [0.25, 0.3) is 5.91 Å². The van der Waals surface area contributed by atoms with Crippen LogP contribution < -0.4 is 5.63 Å². The van der Waals surface area contributed by atoms with Crippen molar-refractivity contribution in [2.75, 3.05) is 0 Å². The average Bonchev–Trinajstić information content (AvgIpc) is 2.59. The summed E-state index contributed by atoms with van der Waals surface area (Å²) in [5.41, 5.74) is -0.194. The van der Waals surface area contributed by atoms with Crippen molar-refractivity contribution in [2.45, 2.75) is 32.9 Å². The van der Waals surface area contributed by atoms with Gasteiger partial charge in [0.1, 0.15) is 0 Å². The Bertz CT molecular complexity index is 956. The molecular formula is C20H20N2O3. The molecule has 0 fully saturated rings. The Labute approximate surface area is 145 Å². The van der Waals surface area contributed by atoms with Crippen LogP contribution in [0.1, 0.15) is 37.0 Å². The number of fused-ring (bicyclic) bond motifs is 1. The molecule has 0 atom stereocenters. The zero-order valence-corrected chi connectivity index (χ0v) is 14.5. The van der Waals surface area contributed by atoms with E-state index in [1.54, 1.807) is 35.4 Å². The van der Waals surface area contributed by atoms with Gasteiger partial charge in [0.2, 0.25) is 0 Å². The predicted octanol–water partition coefficient (Wildman–Crippen LogP) is 3.63. The second-order valence-electron chi connectivity index (χ2n) is 6.87. The third-order valence-electron chi connectivity index (χ3n) is 3.98. The monoisotopic (exact) mass is 336 g/mol. The van der Waals surface area contributed by atoms with Crippen molar-refractivity contribution < 1.29 is 9.21 Å². The number of carbonyl (C=O) groups excluding carboxylic acids is 1. The molecule has 5 heteroatoms. The molecule has 5 nitrogen and oxygen atoms in total. The van der Waals surface area contributed by atoms with Crippen LogP contribution >= 0.6 is 0 Å². The molecule has 2 aromatic heterocycles. The van der Waals surface area contributed by atoms with Gasteiger partial charge in [-0.2, -0.15) is 0 Å². The molecule has 0 bridgehead atoms. The zero-order valence-electron chi connectivity index (χ0n) is 14.5. The summed E-state index contributed by atoms with van der Waals surface area (Å²) in [5.74, 6) is -0.296. The lowest BCUT2D eigenvalue weighted by Crippen LogP contribution is -2.45. The molecule has 0 spiro atoms. The van der Waals surface area contributed by atoms with Gasteiger partial charge in [-0.1, -0.05) is 24.3 Å². The number of hydrogen-bond acceptors (Lipinski definition) is 4. The van der Waals surface area contributed by atoms with Crippen LogP contribution in [-0.4, -0.2) is 21.3 Å². The summed E-state index contributed by atoms with van der Waals surface area (Å²) in [6, 6.07) is 14.3. The number of rotatable bonds is 3. The van der Waals surface area contributed by atoms with Gasteiger partial charge >= 0.3 is 5.63 Å². The maximum Gasteiger partial charge on any atom is 0.344 e. The van der Waals surface area contributed by atoms with Crippen LogP contribution in [-0.2, 0) is 6.54 Å². The Morgan fingerprint density at radius 2 is 1.84 bits per heavy atom. The maximum absolute atomic E-state index is 13.1. The molecule has 0 N–H and O–H groups in total. The normalized spacial score (nSPS) is 11.5. The Kier molecular flexibility index (Phi) is 4.40. The topological polar surface area (TPSA) is 63.4 Å². The van der Waals surface area contributed by atoms with E-state index in [9.17, 15) is 9.59 Å². The van der Waals surface area contributed by atoms with Crippen molar-refractivity contribution in [1.29, 1.82) is 0 Å². The van der Waals surface area contributed by atoms with E-state index in [-0.39, 0.29) is 11.7 Å². The minimum atomic E-state index is -0.506. The number of hydrogen-bond donors (Lipinski definition) is 0. The van der Waals surface area contributed by atoms with E-state index in [2.05, 4.69) is 4.98 Å². The lowest BCUT2D eigenvalue weighted by Gasteiger charge is -2.35. The van der Waals surface area contributed by atoms with E-state index < -0.39 is 11.2 Å². The van der Waals surface area contributed by atoms with Crippen LogP contribution in [0.15, 0.2) is 63.9 Å². The highest BCUT2D eigenvalue weighted by molar-refractivity contribution is 5.95. The number of amides is 1. The molecule has 0 radical (unpaired) electrons. The molecule has 2 heterocycles. The molecule has 0 saturated carbocycles. The average molecular weight is 336 g/mol. The second-order valence-corrected chi connectivity index (χ2v) is 6.87. The molecular weight excluding hydrogens is 316 g/mol. The van der Waals surface area contributed by atoms with Gasteiger partial charge < -0.3 is 9.32 Å². The van der Waals surface area contributed by atoms with Crippen molar-refractivity contribution in [1.82, 2.24) is 9.88 Å². The van der Waals surface area contributed by atoms with Crippen molar-refractivity contribution in [3.05, 3.63) is 76.6 Å². The number of carbonyl (C=O) groups is 1. The van der Waals surface area contributed by atoms with Crippen LogP contribution in [0, 0.1) is 0 Å². The van der Waals surface area contributed by atoms with E-state index in [0.717, 1.165) is 5.69 Å². The molecule has 3 aromatic rings. The van der Waals surface area contributed by atoms with Crippen LogP contribution in [0.2, 0.25) is 0 Å². The van der Waals surface area contributed by atoms with Gasteiger partial charge in [-0.25, -0.2) is 4.79 Å². The van der Waals surface area contributed by atoms with Crippen LogP contribution in [0.3, 0.4) is 0 Å². The second kappa shape index (κ2) is 6.51. The van der Waals surface area contributed by atoms with E-state index >= 15 is 0 Å². The molecule has 0 unspecified atom stereocenters. The lowest BCUT2D eigenvalue weighted by atomic mass is 10.0. The summed E-state index contributed by atoms with van der Waals surface area (Å²) in [5, 5.41) is 1.15. The summed E-state index contributed by atoms with van der Waals surface area (Å²) >= 11 is 0. The first-order chi connectivity index (χ1) is 11.9. The van der Waals surface area contributed by atoms with Gasteiger partial charge in [0, 0.05) is 11.7 Å². The van der Waals surface area contributed by atoms with Crippen LogP contribution in [0.4, 0.5) is 0 Å². The molecule has 0 aliphatic heterocycles. The molecule has 25 heavy (non-hydrogen) atoms. The summed E-state index contributed by atoms with van der Waals surface area (Å²) in [6.07, 6.45) is 1.69. The van der Waals surface area contributed by atoms with E-state index in [4.69, 9.17) is 4.42 Å². The number of nitrogens with zero attached hydrogens (tertiary/aromatic N) is 2. The van der Waals surface area contributed by atoms with Crippen molar-refractivity contribution in [3.8, 4) is 0 Å². The van der Waals surface area contributed by atoms with Gasteiger partial charge in [-0.15, -0.1) is 0 Å². The van der Waals surface area contributed by atoms with Gasteiger partial charge in [0.05, 0.1) is 17.6 Å². The summed E-state index contributed by atoms with van der Waals surface area (Å²) < 4.78 is 5.30. The Hall–Kier alpha value is -2.95. The molecule has 3 rings (SSSR count). The van der Waals surface area contributed by atoms with E-state index in [1.807, 2.05) is 45.0 Å². The van der Waals surface area contributed by atoms with Crippen molar-refractivity contribution in [2.24, 2.45) is 0 Å². The Morgan fingerprint density at radius 3 is 2.52 bits per heavy atom. The maximum atomic E-state index is 13.1. The first-order valence-corrected chi connectivity index (χ1v) is 8.11. The lowest BCUT2D eigenvalue weighted by molar-refractivity contribution is 0.0518. The number of benzene rings is 1. The highest BCUT2D eigenvalue weighted by atomic mass is 16.4. The quantitative estimate of drug-likeness (QED) is 0.733. The fourth-order valence-corrected chi connectivity index (χ4v) is 2.64. The first kappa shape index (κ1) is 16.9. The summed E-state index contributed by atoms with van der Waals surface area (Å²) in [4.78, 5) is 31.2. The summed E-state index contributed by atoms with van der Waals surface area (Å²) in [6.45, 7) is 6.15. The van der Waals surface area contributed by atoms with Crippen LogP contribution in [0.5, 0.6) is 0 Å². The highest BCUT2D eigenvalue weighted by Crippen LogP contribution is 2.21. The highest BCUT2D eigenvalue weighted by Gasteiger charge is 2.29. The first-order valence-electron chi connectivity index (χ1n) is 8.11. The van der Waals surface area contributed by atoms with Gasteiger partial charge in [0.15, 0.2) is 5.76 Å². The van der Waals surface area contributed by atoms with Crippen molar-refractivity contribution >= 4 is 16.7 Å². The Balaban J connectivity index is 2.02. The molecule has 0 aliphatic carbocycles. The molecule has 1 aromatic carbocycles. The fraction of sp³-hybridized carbons (Fsp3) is 0.250. The third-order valence-corrected chi connectivity index (χ3v) is 3.98. The molecule has 0 saturated heterocycles. The van der Waals surface area contributed by atoms with E-state index in [1.165, 1.54) is 0 Å². The fourth-order valence-electron chi connectivity index (χ4n) is 2.64. The molecule has 0 aliphatic rings. The Morgan fingerprint density at radius 1 is 1.12 bits per heavy atom. The van der Waals surface area contributed by atoms with E-state index in [0.29, 0.717) is 17.3 Å². The summed E-state index contributed by atoms with van der Waals surface area (Å²) in [7, 11) is 0. The standard InChI is InChI=1S/C20H20N2O3/c1-20(2,3)22(13-15-9-6-7-11-21-15)18(23)17-12-14-8-4-5-10-16(14)19(24)25-17/h4-12H,13H2,1-3H3. The number of pyridine rings is 1. The largest absolute Gasteiger partial charge is 0.417 e. The van der Waals surface area contributed by atoms with Crippen molar-refractivity contribution in [3.63, 3.8) is 0 Å². The van der Waals surface area contributed by atoms with Crippen LogP contribution in [0.25, 0.3) is 10.8 Å². The molecule has 1 amide bonds. The predicted molar refractivity (Wildman–Crippen MR) is 96.3 cm³/mol.